The topological polar surface area (TPSA) is 69.9 Å². The number of fused-ring (bicyclic) bond motifs is 1. The van der Waals surface area contributed by atoms with Crippen LogP contribution in [0.5, 0.6) is 5.75 Å². The highest BCUT2D eigenvalue weighted by Crippen LogP contribution is 2.37. The Labute approximate surface area is 312 Å². The van der Waals surface area contributed by atoms with Gasteiger partial charge in [0.15, 0.2) is 4.80 Å². The lowest BCUT2D eigenvalue weighted by Crippen LogP contribution is -2.40. The number of aromatic nitrogens is 1. The van der Waals surface area contributed by atoms with E-state index in [4.69, 9.17) is 37.7 Å². The van der Waals surface area contributed by atoms with Crippen molar-refractivity contribution in [1.29, 1.82) is 0 Å². The fourth-order valence-electron chi connectivity index (χ4n) is 5.28. The van der Waals surface area contributed by atoms with Gasteiger partial charge in [-0.3, -0.25) is 9.36 Å². The van der Waals surface area contributed by atoms with Crippen molar-refractivity contribution >= 4 is 95.9 Å². The molecule has 6 nitrogen and oxygen atoms in total. The molecule has 1 atom stereocenters. The van der Waals surface area contributed by atoms with Crippen molar-refractivity contribution in [3.8, 4) is 5.75 Å². The van der Waals surface area contributed by atoms with Crippen LogP contribution in [0, 0.1) is 0 Å². The summed E-state index contributed by atoms with van der Waals surface area (Å²) in [7, 11) is 0. The molecule has 0 N–H and O–H groups in total. The molecule has 0 saturated carbocycles. The average molecular weight is 845 g/mol. The molecule has 12 heteroatoms. The van der Waals surface area contributed by atoms with E-state index in [9.17, 15) is 9.59 Å². The normalized spacial score (nSPS) is 14.5. The van der Waals surface area contributed by atoms with Gasteiger partial charge >= 0.3 is 5.97 Å². The number of carbonyl (C=O) groups is 1. The molecular weight excluding hydrogens is 819 g/mol. The summed E-state index contributed by atoms with van der Waals surface area (Å²) in [6.45, 7) is 2.18. The summed E-state index contributed by atoms with van der Waals surface area (Å²) >= 11 is 22.5. The van der Waals surface area contributed by atoms with Gasteiger partial charge in [0.05, 0.1) is 37.4 Å². The van der Waals surface area contributed by atoms with Gasteiger partial charge in [0.2, 0.25) is 0 Å². The van der Waals surface area contributed by atoms with Gasteiger partial charge in [-0.25, -0.2) is 9.79 Å². The molecule has 244 valence electrons. The lowest BCUT2D eigenvalue weighted by atomic mass is 9.93. The zero-order valence-electron chi connectivity index (χ0n) is 25.5. The zero-order chi connectivity index (χ0) is 33.9. The summed E-state index contributed by atoms with van der Waals surface area (Å²) in [6.07, 6.45) is 3.81. The molecule has 2 heterocycles. The van der Waals surface area contributed by atoms with Gasteiger partial charge < -0.3 is 9.47 Å². The van der Waals surface area contributed by atoms with Crippen LogP contribution in [0.4, 0.5) is 0 Å². The number of nitrogens with zero attached hydrogens (tertiary/aromatic N) is 2. The minimum atomic E-state index is -0.748. The molecule has 0 unspecified atom stereocenters. The molecule has 6 rings (SSSR count). The van der Waals surface area contributed by atoms with Crippen LogP contribution in [-0.2, 0) is 16.1 Å². The third-order valence-electron chi connectivity index (χ3n) is 7.51. The molecular formula is C36H26Br2Cl2N2O4S2. The second kappa shape index (κ2) is 15.2. The Kier molecular flexibility index (Phi) is 11.0. The van der Waals surface area contributed by atoms with Crippen molar-refractivity contribution in [3.05, 3.63) is 151 Å². The molecule has 1 aliphatic heterocycles. The van der Waals surface area contributed by atoms with Gasteiger partial charge in [-0.2, -0.15) is 0 Å². The minimum absolute atomic E-state index is 0.184. The van der Waals surface area contributed by atoms with Crippen LogP contribution >= 0.6 is 78.2 Å². The lowest BCUT2D eigenvalue weighted by molar-refractivity contribution is -0.138. The number of rotatable bonds is 9. The van der Waals surface area contributed by atoms with Gasteiger partial charge in [0, 0.05) is 26.1 Å². The number of ether oxygens (including phenoxy) is 2. The summed E-state index contributed by atoms with van der Waals surface area (Å²) in [5.41, 5.74) is 3.60. The molecule has 0 radical (unpaired) electrons. The Balaban J connectivity index is 1.47. The molecule has 48 heavy (non-hydrogen) atoms. The molecule has 0 bridgehead atoms. The van der Waals surface area contributed by atoms with Crippen molar-refractivity contribution in [3.63, 3.8) is 0 Å². The van der Waals surface area contributed by atoms with Gasteiger partial charge in [0.1, 0.15) is 12.4 Å². The monoisotopic (exact) mass is 842 g/mol. The van der Waals surface area contributed by atoms with Gasteiger partial charge in [-0.05, 0) is 98.6 Å². The lowest BCUT2D eigenvalue weighted by Gasteiger charge is -2.26. The first-order valence-electron chi connectivity index (χ1n) is 14.7. The third-order valence-corrected chi connectivity index (χ3v) is 11.0. The number of benzene rings is 4. The summed E-state index contributed by atoms with van der Waals surface area (Å²) in [5.74, 6) is 0.0663. The van der Waals surface area contributed by atoms with Gasteiger partial charge in [0.25, 0.3) is 5.56 Å². The average Bonchev–Trinajstić information content (AvgIpc) is 3.38. The van der Waals surface area contributed by atoms with Crippen molar-refractivity contribution in [2.24, 2.45) is 4.99 Å². The van der Waals surface area contributed by atoms with Crippen LogP contribution in [0.3, 0.4) is 0 Å². The van der Waals surface area contributed by atoms with E-state index in [0.717, 1.165) is 27.1 Å². The van der Waals surface area contributed by atoms with Crippen molar-refractivity contribution < 1.29 is 14.3 Å². The van der Waals surface area contributed by atoms with E-state index in [1.54, 1.807) is 35.4 Å². The van der Waals surface area contributed by atoms with Crippen LogP contribution in [0.15, 0.2) is 114 Å². The van der Waals surface area contributed by atoms with Crippen LogP contribution in [0.1, 0.15) is 35.2 Å². The standard InChI is InChI=1S/C36H26Br2Cl2N2O4S2/c1-3-45-35(44)30-31(21-7-5-4-6-8-21)41-36-42(32(30)22-10-13-25(47-2)14-11-22)34(43)29(48-36)17-20-15-26(37)33(27(38)16-20)46-19-23-9-12-24(39)18-28(23)40/h4-18,32H,3,19H2,1-2H3/b29-17-/t32-/m1/s1. The van der Waals surface area contributed by atoms with E-state index in [1.165, 1.54) is 11.3 Å². The Morgan fingerprint density at radius 3 is 2.38 bits per heavy atom. The summed E-state index contributed by atoms with van der Waals surface area (Å²) in [4.78, 5) is 34.4. The first-order chi connectivity index (χ1) is 23.2. The quantitative estimate of drug-likeness (QED) is 0.110. The van der Waals surface area contributed by atoms with Crippen LogP contribution < -0.4 is 19.6 Å². The van der Waals surface area contributed by atoms with E-state index in [-0.39, 0.29) is 18.8 Å². The minimum Gasteiger partial charge on any atom is -0.486 e. The molecule has 0 amide bonds. The van der Waals surface area contributed by atoms with E-state index in [2.05, 4.69) is 31.9 Å². The van der Waals surface area contributed by atoms with E-state index >= 15 is 0 Å². The Morgan fingerprint density at radius 2 is 1.73 bits per heavy atom. The number of carbonyl (C=O) groups excluding carboxylic acids is 1. The summed E-state index contributed by atoms with van der Waals surface area (Å²) < 4.78 is 15.1. The SMILES string of the molecule is CCOC(=O)C1=C(c2ccccc2)N=c2s/c(=C\c3cc(Br)c(OCc4ccc(Cl)cc4Cl)c(Br)c3)c(=O)n2[C@@H]1c1ccc(SC)cc1. The Bertz CT molecular complexity index is 2210. The molecule has 1 aromatic heterocycles. The predicted octanol–water partition coefficient (Wildman–Crippen LogP) is 9.07. The molecule has 1 aliphatic rings. The smallest absolute Gasteiger partial charge is 0.338 e. The zero-order valence-corrected chi connectivity index (χ0v) is 31.8. The van der Waals surface area contributed by atoms with Gasteiger partial charge in [-0.1, -0.05) is 83.1 Å². The highest BCUT2D eigenvalue weighted by molar-refractivity contribution is 9.11. The summed E-state index contributed by atoms with van der Waals surface area (Å²) in [5, 5.41) is 1.07. The highest BCUT2D eigenvalue weighted by Gasteiger charge is 2.35. The number of thiazole rings is 1. The number of esters is 1. The van der Waals surface area contributed by atoms with Crippen LogP contribution in [0.2, 0.25) is 10.0 Å². The van der Waals surface area contributed by atoms with Crippen molar-refractivity contribution in [1.82, 2.24) is 4.57 Å². The maximum atomic E-state index is 14.3. The van der Waals surface area contributed by atoms with E-state index < -0.39 is 12.0 Å². The molecule has 0 spiro atoms. The predicted molar refractivity (Wildman–Crippen MR) is 202 cm³/mol. The second-order valence-corrected chi connectivity index (χ2v) is 15.0. The van der Waals surface area contributed by atoms with Crippen molar-refractivity contribution in [2.75, 3.05) is 12.9 Å². The number of thioether (sulfide) groups is 1. The third kappa shape index (κ3) is 7.25. The maximum absolute atomic E-state index is 14.3. The Morgan fingerprint density at radius 1 is 1.02 bits per heavy atom. The molecule has 0 saturated heterocycles. The molecule has 0 aliphatic carbocycles. The van der Waals surface area contributed by atoms with Crippen LogP contribution in [-0.4, -0.2) is 23.4 Å². The first kappa shape index (κ1) is 34.7. The molecule has 0 fully saturated rings. The van der Waals surface area contributed by atoms with E-state index in [1.807, 2.05) is 85.1 Å². The van der Waals surface area contributed by atoms with E-state index in [0.29, 0.717) is 45.3 Å². The highest BCUT2D eigenvalue weighted by atomic mass is 79.9. The fourth-order valence-corrected chi connectivity index (χ4v) is 8.61. The summed E-state index contributed by atoms with van der Waals surface area (Å²) in [6, 6.07) is 25.6. The second-order valence-electron chi connectivity index (χ2n) is 10.5. The molecule has 5 aromatic rings. The number of hydrogen-bond acceptors (Lipinski definition) is 7. The largest absolute Gasteiger partial charge is 0.486 e. The van der Waals surface area contributed by atoms with Crippen LogP contribution in [0.25, 0.3) is 11.8 Å². The van der Waals surface area contributed by atoms with Gasteiger partial charge in [-0.15, -0.1) is 11.8 Å². The molecule has 4 aromatic carbocycles. The number of hydrogen-bond donors (Lipinski definition) is 0. The first-order valence-corrected chi connectivity index (χ1v) is 19.0. The maximum Gasteiger partial charge on any atom is 0.338 e. The Hall–Kier alpha value is -3.12. The van der Waals surface area contributed by atoms with Crippen molar-refractivity contribution in [2.45, 2.75) is 24.5 Å². The number of halogens is 4. The fraction of sp³-hybridized carbons (Fsp3) is 0.139.